The van der Waals surface area contributed by atoms with Crippen LogP contribution in [0, 0.1) is 11.3 Å². The van der Waals surface area contributed by atoms with Gasteiger partial charge in [-0.2, -0.15) is 0 Å². The molecule has 2 aromatic rings. The molecule has 6 N–H and O–H groups in total. The van der Waals surface area contributed by atoms with E-state index in [0.29, 0.717) is 28.0 Å². The van der Waals surface area contributed by atoms with Crippen LogP contribution in [0.4, 0.5) is 11.6 Å². The first-order chi connectivity index (χ1) is 12.5. The van der Waals surface area contributed by atoms with E-state index in [2.05, 4.69) is 14.9 Å². The van der Waals surface area contributed by atoms with Crippen LogP contribution in [0.15, 0.2) is 30.5 Å². The number of nitrogens with zero attached hydrogens (tertiary/aromatic N) is 3. The maximum Gasteiger partial charge on any atom is 0.154 e. The second kappa shape index (κ2) is 7.99. The maximum atomic E-state index is 9.20. The van der Waals surface area contributed by atoms with E-state index in [1.807, 2.05) is 12.1 Å². The molecule has 8 heteroatoms. The molecule has 3 rings (SSSR count). The zero-order valence-corrected chi connectivity index (χ0v) is 15.2. The molecule has 0 saturated carbocycles. The summed E-state index contributed by atoms with van der Waals surface area (Å²) in [5.41, 5.74) is 13.0. The van der Waals surface area contributed by atoms with E-state index in [-0.39, 0.29) is 24.2 Å². The summed E-state index contributed by atoms with van der Waals surface area (Å²) in [6.07, 6.45) is 3.42. The first-order valence-electron chi connectivity index (χ1n) is 8.59. The SMILES string of the molecule is N=C(c1ccccc1Cl)c1ncc(N2CCC(C(N)CO)CC2)nc1N. The zero-order chi connectivity index (χ0) is 18.7. The predicted molar refractivity (Wildman–Crippen MR) is 104 cm³/mol. The molecule has 1 saturated heterocycles. The number of hydrogen-bond donors (Lipinski definition) is 4. The van der Waals surface area contributed by atoms with Crippen LogP contribution in [0.1, 0.15) is 24.1 Å². The van der Waals surface area contributed by atoms with E-state index in [1.54, 1.807) is 18.3 Å². The molecule has 1 aliphatic rings. The van der Waals surface area contributed by atoms with Crippen LogP contribution >= 0.6 is 11.6 Å². The number of aromatic nitrogens is 2. The summed E-state index contributed by atoms with van der Waals surface area (Å²) in [5.74, 6) is 1.21. The quantitative estimate of drug-likeness (QED) is 0.590. The van der Waals surface area contributed by atoms with Crippen molar-refractivity contribution < 1.29 is 5.11 Å². The molecular formula is C18H23ClN6O. The Bertz CT molecular complexity index is 791. The standard InChI is InChI=1S/C18H23ClN6O/c19-13-4-2-1-3-12(13)16(21)17-18(22)24-15(9-23-17)25-7-5-11(6-8-25)14(20)10-26/h1-4,9,11,14,21,26H,5-8,10,20H2,(H2,22,24). The van der Waals surface area contributed by atoms with E-state index in [9.17, 15) is 5.11 Å². The van der Waals surface area contributed by atoms with Crippen LogP contribution in [0.2, 0.25) is 5.02 Å². The first-order valence-corrected chi connectivity index (χ1v) is 8.96. The van der Waals surface area contributed by atoms with Crippen molar-refractivity contribution in [2.75, 3.05) is 30.3 Å². The Morgan fingerprint density at radius 1 is 1.35 bits per heavy atom. The van der Waals surface area contributed by atoms with E-state index in [0.717, 1.165) is 25.9 Å². The maximum absolute atomic E-state index is 9.20. The molecule has 0 spiro atoms. The second-order valence-electron chi connectivity index (χ2n) is 6.49. The molecule has 1 aromatic carbocycles. The van der Waals surface area contributed by atoms with Gasteiger partial charge in [-0.25, -0.2) is 9.97 Å². The third-order valence-corrected chi connectivity index (χ3v) is 5.18. The van der Waals surface area contributed by atoms with Crippen molar-refractivity contribution >= 4 is 28.9 Å². The highest BCUT2D eigenvalue weighted by atomic mass is 35.5. The van der Waals surface area contributed by atoms with Crippen LogP contribution in [0.25, 0.3) is 0 Å². The molecule has 0 amide bonds. The number of aliphatic hydroxyl groups excluding tert-OH is 1. The Hall–Kier alpha value is -2.22. The minimum Gasteiger partial charge on any atom is -0.395 e. The lowest BCUT2D eigenvalue weighted by molar-refractivity contribution is 0.208. The highest BCUT2D eigenvalue weighted by Crippen LogP contribution is 2.25. The van der Waals surface area contributed by atoms with Crippen LogP contribution in [0.5, 0.6) is 0 Å². The van der Waals surface area contributed by atoms with Gasteiger partial charge >= 0.3 is 0 Å². The molecule has 138 valence electrons. The number of benzene rings is 1. The smallest absolute Gasteiger partial charge is 0.154 e. The van der Waals surface area contributed by atoms with Gasteiger partial charge in [-0.15, -0.1) is 0 Å². The highest BCUT2D eigenvalue weighted by molar-refractivity contribution is 6.35. The van der Waals surface area contributed by atoms with Gasteiger partial charge in [0.15, 0.2) is 5.82 Å². The van der Waals surface area contributed by atoms with Crippen LogP contribution in [0.3, 0.4) is 0 Å². The molecule has 7 nitrogen and oxygen atoms in total. The van der Waals surface area contributed by atoms with Gasteiger partial charge in [0.25, 0.3) is 0 Å². The fourth-order valence-electron chi connectivity index (χ4n) is 3.24. The predicted octanol–water partition coefficient (Wildman–Crippen LogP) is 1.66. The fraction of sp³-hybridized carbons (Fsp3) is 0.389. The Balaban J connectivity index is 1.74. The molecule has 0 aliphatic carbocycles. The largest absolute Gasteiger partial charge is 0.395 e. The van der Waals surface area contributed by atoms with Crippen LogP contribution in [-0.4, -0.2) is 46.5 Å². The number of piperidine rings is 1. The van der Waals surface area contributed by atoms with Crippen molar-refractivity contribution in [3.8, 4) is 0 Å². The van der Waals surface area contributed by atoms with Crippen LogP contribution < -0.4 is 16.4 Å². The summed E-state index contributed by atoms with van der Waals surface area (Å²) in [5, 5.41) is 18.0. The Labute approximate surface area is 157 Å². The van der Waals surface area contributed by atoms with Crippen molar-refractivity contribution in [2.45, 2.75) is 18.9 Å². The Kier molecular flexibility index (Phi) is 5.70. The fourth-order valence-corrected chi connectivity index (χ4v) is 3.47. The number of anilines is 2. The monoisotopic (exact) mass is 374 g/mol. The second-order valence-corrected chi connectivity index (χ2v) is 6.90. The summed E-state index contributed by atoms with van der Waals surface area (Å²) in [6.45, 7) is 1.58. The normalized spacial score (nSPS) is 16.5. The lowest BCUT2D eigenvalue weighted by Gasteiger charge is -2.34. The summed E-state index contributed by atoms with van der Waals surface area (Å²) >= 11 is 6.16. The van der Waals surface area contributed by atoms with Crippen molar-refractivity contribution in [3.63, 3.8) is 0 Å². The molecule has 2 heterocycles. The average molecular weight is 375 g/mol. The van der Waals surface area contributed by atoms with Crippen molar-refractivity contribution in [1.82, 2.24) is 9.97 Å². The summed E-state index contributed by atoms with van der Waals surface area (Å²) in [7, 11) is 0. The third kappa shape index (κ3) is 3.80. The highest BCUT2D eigenvalue weighted by Gasteiger charge is 2.25. The lowest BCUT2D eigenvalue weighted by atomic mass is 9.90. The van der Waals surface area contributed by atoms with E-state index >= 15 is 0 Å². The first kappa shape index (κ1) is 18.6. The Morgan fingerprint density at radius 2 is 2.04 bits per heavy atom. The van der Waals surface area contributed by atoms with E-state index in [4.69, 9.17) is 28.5 Å². The van der Waals surface area contributed by atoms with E-state index in [1.165, 1.54) is 0 Å². The number of rotatable bonds is 5. The zero-order valence-electron chi connectivity index (χ0n) is 14.4. The van der Waals surface area contributed by atoms with Crippen molar-refractivity contribution in [2.24, 2.45) is 11.7 Å². The van der Waals surface area contributed by atoms with Gasteiger partial charge in [0.1, 0.15) is 11.5 Å². The van der Waals surface area contributed by atoms with Gasteiger partial charge in [-0.05, 0) is 24.8 Å². The summed E-state index contributed by atoms with van der Waals surface area (Å²) < 4.78 is 0. The minimum absolute atomic E-state index is 0.0102. The molecule has 1 atom stereocenters. The number of nitrogens with one attached hydrogen (secondary N) is 1. The van der Waals surface area contributed by atoms with Gasteiger partial charge in [-0.1, -0.05) is 29.8 Å². The molecule has 0 radical (unpaired) electrons. The van der Waals surface area contributed by atoms with Gasteiger partial charge in [0.05, 0.1) is 23.5 Å². The van der Waals surface area contributed by atoms with E-state index < -0.39 is 0 Å². The number of nitrogen functional groups attached to an aromatic ring is 1. The van der Waals surface area contributed by atoms with Crippen molar-refractivity contribution in [1.29, 1.82) is 5.41 Å². The van der Waals surface area contributed by atoms with Crippen LogP contribution in [-0.2, 0) is 0 Å². The number of aliphatic hydroxyl groups is 1. The minimum atomic E-state index is -0.174. The molecular weight excluding hydrogens is 352 g/mol. The summed E-state index contributed by atoms with van der Waals surface area (Å²) in [6, 6.07) is 6.93. The van der Waals surface area contributed by atoms with Gasteiger partial charge in [0, 0.05) is 24.7 Å². The average Bonchev–Trinajstić information content (AvgIpc) is 2.67. The van der Waals surface area contributed by atoms with Gasteiger partial charge in [0.2, 0.25) is 0 Å². The van der Waals surface area contributed by atoms with Gasteiger partial charge < -0.3 is 21.5 Å². The molecule has 26 heavy (non-hydrogen) atoms. The molecule has 1 unspecified atom stereocenters. The number of hydrogen-bond acceptors (Lipinski definition) is 7. The van der Waals surface area contributed by atoms with Gasteiger partial charge in [-0.3, -0.25) is 5.41 Å². The lowest BCUT2D eigenvalue weighted by Crippen LogP contribution is -2.43. The summed E-state index contributed by atoms with van der Waals surface area (Å²) in [4.78, 5) is 10.9. The molecule has 1 fully saturated rings. The third-order valence-electron chi connectivity index (χ3n) is 4.85. The Morgan fingerprint density at radius 3 is 2.65 bits per heavy atom. The van der Waals surface area contributed by atoms with Crippen molar-refractivity contribution in [3.05, 3.63) is 46.7 Å². The molecule has 0 bridgehead atoms. The number of halogens is 1. The number of nitrogens with two attached hydrogens (primary N) is 2. The molecule has 1 aromatic heterocycles. The molecule has 1 aliphatic heterocycles. The topological polar surface area (TPSA) is 125 Å².